The molecule has 0 aromatic rings. The molecule has 0 spiro atoms. The Bertz CT molecular complexity index is 219. The average molecular weight is 192 g/mol. The van der Waals surface area contributed by atoms with Crippen molar-refractivity contribution in [3.8, 4) is 0 Å². The first kappa shape index (κ1) is 14.3. The van der Waals surface area contributed by atoms with Gasteiger partial charge in [0.2, 0.25) is 0 Å². The molecule has 13 heavy (non-hydrogen) atoms. The highest BCUT2D eigenvalue weighted by atomic mass is 16.4. The van der Waals surface area contributed by atoms with Crippen molar-refractivity contribution in [2.75, 3.05) is 6.61 Å². The highest BCUT2D eigenvalue weighted by Crippen LogP contribution is 1.95. The van der Waals surface area contributed by atoms with Gasteiger partial charge in [0.15, 0.2) is 5.78 Å². The van der Waals surface area contributed by atoms with Gasteiger partial charge in [-0.3, -0.25) is 4.79 Å². The van der Waals surface area contributed by atoms with Crippen LogP contribution in [0.2, 0.25) is 0 Å². The standard InChI is InChI=1S/C7H10O5.H2O/c1-4(7(11)12)2-5(9)6(10)3-8;/h2,6,8,10H,3H2,1H3,(H,11,12);1H2/b4-2+;. The van der Waals surface area contributed by atoms with Gasteiger partial charge < -0.3 is 20.8 Å². The molecule has 0 aliphatic rings. The van der Waals surface area contributed by atoms with Crippen LogP contribution in [0.1, 0.15) is 6.92 Å². The maximum atomic E-state index is 10.7. The Kier molecular flexibility index (Phi) is 6.92. The number of aliphatic hydroxyl groups excluding tert-OH is 2. The minimum atomic E-state index is -1.53. The topological polar surface area (TPSA) is 126 Å². The third-order valence-electron chi connectivity index (χ3n) is 1.20. The molecular weight excluding hydrogens is 180 g/mol. The van der Waals surface area contributed by atoms with Crippen molar-refractivity contribution in [2.45, 2.75) is 13.0 Å². The van der Waals surface area contributed by atoms with Crippen LogP contribution in [-0.2, 0) is 9.59 Å². The van der Waals surface area contributed by atoms with Gasteiger partial charge in [0, 0.05) is 5.57 Å². The summed E-state index contributed by atoms with van der Waals surface area (Å²) >= 11 is 0. The summed E-state index contributed by atoms with van der Waals surface area (Å²) in [6.45, 7) is 0.520. The Morgan fingerprint density at radius 3 is 2.23 bits per heavy atom. The zero-order valence-corrected chi connectivity index (χ0v) is 7.02. The van der Waals surface area contributed by atoms with Crippen molar-refractivity contribution in [3.63, 3.8) is 0 Å². The molecule has 76 valence electrons. The third kappa shape index (κ3) is 5.07. The van der Waals surface area contributed by atoms with Gasteiger partial charge >= 0.3 is 5.97 Å². The first-order valence-corrected chi connectivity index (χ1v) is 3.23. The van der Waals surface area contributed by atoms with Crippen LogP contribution in [0.3, 0.4) is 0 Å². The van der Waals surface area contributed by atoms with E-state index in [0.29, 0.717) is 0 Å². The largest absolute Gasteiger partial charge is 0.478 e. The minimum Gasteiger partial charge on any atom is -0.478 e. The van der Waals surface area contributed by atoms with E-state index in [1.807, 2.05) is 0 Å². The molecule has 0 saturated carbocycles. The molecule has 0 aliphatic carbocycles. The van der Waals surface area contributed by atoms with Crippen molar-refractivity contribution in [2.24, 2.45) is 0 Å². The van der Waals surface area contributed by atoms with Crippen LogP contribution in [0, 0.1) is 0 Å². The maximum Gasteiger partial charge on any atom is 0.331 e. The molecule has 1 unspecified atom stereocenters. The second kappa shape index (κ2) is 6.30. The monoisotopic (exact) mass is 192 g/mol. The molecule has 5 N–H and O–H groups in total. The van der Waals surface area contributed by atoms with Gasteiger partial charge in [-0.1, -0.05) is 0 Å². The number of hydrogen-bond acceptors (Lipinski definition) is 4. The van der Waals surface area contributed by atoms with Crippen LogP contribution in [0.15, 0.2) is 11.6 Å². The van der Waals surface area contributed by atoms with Gasteiger partial charge in [-0.25, -0.2) is 4.79 Å². The van der Waals surface area contributed by atoms with Gasteiger partial charge in [-0.15, -0.1) is 0 Å². The van der Waals surface area contributed by atoms with Crippen LogP contribution < -0.4 is 0 Å². The average Bonchev–Trinajstić information content (AvgIpc) is 2.02. The molecule has 0 rings (SSSR count). The first-order valence-electron chi connectivity index (χ1n) is 3.23. The molecular formula is C7H12O6. The molecule has 0 saturated heterocycles. The summed E-state index contributed by atoms with van der Waals surface area (Å²) in [5, 5.41) is 25.3. The second-order valence-corrected chi connectivity index (χ2v) is 2.23. The molecule has 0 bridgehead atoms. The lowest BCUT2D eigenvalue weighted by atomic mass is 10.1. The van der Waals surface area contributed by atoms with Crippen molar-refractivity contribution >= 4 is 11.8 Å². The van der Waals surface area contributed by atoms with Crippen LogP contribution in [0.25, 0.3) is 0 Å². The molecule has 0 amide bonds. The summed E-state index contributed by atoms with van der Waals surface area (Å²) in [4.78, 5) is 20.9. The van der Waals surface area contributed by atoms with Crippen molar-refractivity contribution in [1.82, 2.24) is 0 Å². The summed E-state index contributed by atoms with van der Waals surface area (Å²) < 4.78 is 0. The molecule has 6 heteroatoms. The molecule has 0 aromatic carbocycles. The van der Waals surface area contributed by atoms with Gasteiger partial charge in [0.05, 0.1) is 6.61 Å². The highest BCUT2D eigenvalue weighted by Gasteiger charge is 2.12. The fraction of sp³-hybridized carbons (Fsp3) is 0.429. The van der Waals surface area contributed by atoms with E-state index in [2.05, 4.69) is 0 Å². The normalized spacial score (nSPS) is 13.0. The Morgan fingerprint density at radius 2 is 1.92 bits per heavy atom. The predicted octanol–water partition coefficient (Wildman–Crippen LogP) is -1.89. The highest BCUT2D eigenvalue weighted by molar-refractivity contribution is 6.00. The Morgan fingerprint density at radius 1 is 1.46 bits per heavy atom. The van der Waals surface area contributed by atoms with Gasteiger partial charge in [0.25, 0.3) is 0 Å². The smallest absolute Gasteiger partial charge is 0.331 e. The Labute approximate surface area is 74.4 Å². The number of ketones is 1. The van der Waals surface area contributed by atoms with Gasteiger partial charge in [0.1, 0.15) is 6.10 Å². The second-order valence-electron chi connectivity index (χ2n) is 2.23. The molecule has 0 heterocycles. The zero-order valence-electron chi connectivity index (χ0n) is 7.02. The quantitative estimate of drug-likeness (QED) is 0.449. The van der Waals surface area contributed by atoms with E-state index < -0.39 is 24.5 Å². The van der Waals surface area contributed by atoms with E-state index in [9.17, 15) is 9.59 Å². The lowest BCUT2D eigenvalue weighted by Gasteiger charge is -2.00. The number of carboxylic acids is 1. The zero-order chi connectivity index (χ0) is 9.72. The fourth-order valence-corrected chi connectivity index (χ4v) is 0.461. The van der Waals surface area contributed by atoms with Crippen LogP contribution in [0.4, 0.5) is 0 Å². The maximum absolute atomic E-state index is 10.7. The minimum absolute atomic E-state index is 0. The number of aliphatic hydroxyl groups is 2. The Hall–Kier alpha value is -1.24. The van der Waals surface area contributed by atoms with Crippen LogP contribution >= 0.6 is 0 Å². The van der Waals surface area contributed by atoms with Crippen LogP contribution in [0.5, 0.6) is 0 Å². The van der Waals surface area contributed by atoms with E-state index in [1.165, 1.54) is 6.92 Å². The summed E-state index contributed by atoms with van der Waals surface area (Å²) in [5.74, 6) is -2.04. The number of carbonyl (C=O) groups is 2. The number of carbonyl (C=O) groups excluding carboxylic acids is 1. The van der Waals surface area contributed by atoms with Gasteiger partial charge in [-0.05, 0) is 13.0 Å². The molecule has 6 nitrogen and oxygen atoms in total. The predicted molar refractivity (Wildman–Crippen MR) is 43.1 cm³/mol. The lowest BCUT2D eigenvalue weighted by Crippen LogP contribution is -2.22. The molecule has 0 fully saturated rings. The first-order chi connectivity index (χ1) is 5.49. The van der Waals surface area contributed by atoms with E-state index in [-0.39, 0.29) is 11.0 Å². The molecule has 0 radical (unpaired) electrons. The fourth-order valence-electron chi connectivity index (χ4n) is 0.461. The van der Waals surface area contributed by atoms with Crippen molar-refractivity contribution in [1.29, 1.82) is 0 Å². The summed E-state index contributed by atoms with van der Waals surface area (Å²) in [7, 11) is 0. The summed E-state index contributed by atoms with van der Waals surface area (Å²) in [6.07, 6.45) is -0.747. The van der Waals surface area contributed by atoms with Crippen molar-refractivity contribution in [3.05, 3.63) is 11.6 Å². The van der Waals surface area contributed by atoms with E-state index in [4.69, 9.17) is 15.3 Å². The summed E-state index contributed by atoms with van der Waals surface area (Å²) in [6, 6.07) is 0. The number of hydrogen-bond donors (Lipinski definition) is 3. The van der Waals surface area contributed by atoms with Gasteiger partial charge in [-0.2, -0.15) is 0 Å². The molecule has 0 aliphatic heterocycles. The van der Waals surface area contributed by atoms with Crippen molar-refractivity contribution < 1.29 is 30.4 Å². The third-order valence-corrected chi connectivity index (χ3v) is 1.20. The number of carboxylic acid groups (broad SMARTS) is 1. The van der Waals surface area contributed by atoms with E-state index in [1.54, 1.807) is 0 Å². The number of rotatable bonds is 4. The van der Waals surface area contributed by atoms with Crippen LogP contribution in [-0.4, -0.2) is 45.3 Å². The van der Waals surface area contributed by atoms with E-state index in [0.717, 1.165) is 6.08 Å². The summed E-state index contributed by atoms with van der Waals surface area (Å²) in [5.41, 5.74) is -0.174. The Balaban J connectivity index is 0. The lowest BCUT2D eigenvalue weighted by molar-refractivity contribution is -0.133. The molecule has 0 aromatic heterocycles. The SMILES string of the molecule is C/C(=C\C(=O)C(O)CO)C(=O)O.O. The molecule has 1 atom stereocenters. The van der Waals surface area contributed by atoms with E-state index >= 15 is 0 Å². The number of aliphatic carboxylic acids is 1.